The van der Waals surface area contributed by atoms with Crippen LogP contribution in [0.2, 0.25) is 0 Å². The molecule has 86 valence electrons. The van der Waals surface area contributed by atoms with Gasteiger partial charge in [-0.2, -0.15) is 0 Å². The molecule has 0 spiro atoms. The SMILES string of the molecule is Cc1cp(CCp2cc(C)c(C)c2)cc1C. The van der Waals surface area contributed by atoms with E-state index in [1.165, 1.54) is 34.6 Å². The Bertz CT molecular complexity index is 404. The first-order valence-corrected chi connectivity index (χ1v) is 9.15. The maximum Gasteiger partial charge on any atom is -0.00677 e. The van der Waals surface area contributed by atoms with Gasteiger partial charge in [0.15, 0.2) is 0 Å². The van der Waals surface area contributed by atoms with Gasteiger partial charge in [0.05, 0.1) is 0 Å². The lowest BCUT2D eigenvalue weighted by Crippen LogP contribution is -1.66. The van der Waals surface area contributed by atoms with Crippen molar-refractivity contribution >= 4 is 15.1 Å². The van der Waals surface area contributed by atoms with E-state index in [1.54, 1.807) is 0 Å². The van der Waals surface area contributed by atoms with Gasteiger partial charge < -0.3 is 0 Å². The van der Waals surface area contributed by atoms with E-state index < -0.39 is 0 Å². The normalized spacial score (nSPS) is 11.0. The molecule has 2 heterocycles. The zero-order valence-electron chi connectivity index (χ0n) is 10.6. The monoisotopic (exact) mass is 250 g/mol. The third-order valence-corrected chi connectivity index (χ3v) is 8.01. The summed E-state index contributed by atoms with van der Waals surface area (Å²) < 4.78 is 0. The second-order valence-corrected chi connectivity index (χ2v) is 8.71. The third kappa shape index (κ3) is 2.62. The Morgan fingerprint density at radius 2 is 0.875 bits per heavy atom. The first-order valence-electron chi connectivity index (χ1n) is 5.82. The molecule has 0 aliphatic heterocycles. The van der Waals surface area contributed by atoms with E-state index in [9.17, 15) is 0 Å². The van der Waals surface area contributed by atoms with Crippen LogP contribution in [-0.4, -0.2) is 0 Å². The zero-order valence-corrected chi connectivity index (χ0v) is 12.4. The average Bonchev–Trinajstić information content (AvgIpc) is 2.70. The molecule has 0 N–H and O–H groups in total. The van der Waals surface area contributed by atoms with E-state index in [0.717, 1.165) is 0 Å². The first-order chi connectivity index (χ1) is 7.56. The summed E-state index contributed by atoms with van der Waals surface area (Å²) in [5.74, 6) is 9.96. The van der Waals surface area contributed by atoms with E-state index >= 15 is 0 Å². The summed E-state index contributed by atoms with van der Waals surface area (Å²) in [6, 6.07) is 0. The van der Waals surface area contributed by atoms with Gasteiger partial charge in [-0.15, -0.1) is 15.1 Å². The van der Waals surface area contributed by atoms with Gasteiger partial charge in [0.25, 0.3) is 0 Å². The van der Waals surface area contributed by atoms with Crippen LogP contribution in [0, 0.1) is 27.7 Å². The van der Waals surface area contributed by atoms with Crippen molar-refractivity contribution in [3.63, 3.8) is 0 Å². The zero-order chi connectivity index (χ0) is 11.7. The van der Waals surface area contributed by atoms with E-state index in [4.69, 9.17) is 0 Å². The maximum atomic E-state index is 2.49. The lowest BCUT2D eigenvalue weighted by Gasteiger charge is -1.97. The molecule has 16 heavy (non-hydrogen) atoms. The van der Waals surface area contributed by atoms with Crippen molar-refractivity contribution in [1.29, 1.82) is 0 Å². The molecule has 0 aliphatic rings. The number of aryl methyl sites for hydroxylation is 6. The molecule has 0 radical (unpaired) electrons. The Kier molecular flexibility index (Phi) is 3.63. The van der Waals surface area contributed by atoms with Crippen LogP contribution in [0.5, 0.6) is 0 Å². The van der Waals surface area contributed by atoms with Gasteiger partial charge in [0.2, 0.25) is 0 Å². The molecule has 2 aromatic rings. The van der Waals surface area contributed by atoms with Gasteiger partial charge in [-0.3, -0.25) is 0 Å². The fraction of sp³-hybridized carbons (Fsp3) is 0.429. The Balaban J connectivity index is 2.02. The number of hydrogen-bond acceptors (Lipinski definition) is 0. The van der Waals surface area contributed by atoms with Crippen molar-refractivity contribution in [2.75, 3.05) is 0 Å². The minimum absolute atomic E-state index is 0.0651. The fourth-order valence-corrected chi connectivity index (χ4v) is 7.28. The molecule has 0 saturated heterocycles. The van der Waals surface area contributed by atoms with Crippen molar-refractivity contribution in [3.8, 4) is 0 Å². The molecule has 0 aromatic carbocycles. The van der Waals surface area contributed by atoms with Gasteiger partial charge in [-0.1, -0.05) is 0 Å². The van der Waals surface area contributed by atoms with Gasteiger partial charge in [-0.25, -0.2) is 0 Å². The highest BCUT2D eigenvalue weighted by Gasteiger charge is 2.02. The minimum Gasteiger partial charge on any atom is -0.124 e. The molecule has 0 saturated carbocycles. The Labute approximate surface area is 101 Å². The Hall–Kier alpha value is -0.440. The van der Waals surface area contributed by atoms with Gasteiger partial charge in [0, 0.05) is 0 Å². The minimum atomic E-state index is 0.0651. The van der Waals surface area contributed by atoms with Crippen LogP contribution in [0.15, 0.2) is 23.2 Å². The van der Waals surface area contributed by atoms with Crippen LogP contribution < -0.4 is 0 Å². The molecule has 0 nitrogen and oxygen atoms in total. The fourth-order valence-electron chi connectivity index (χ4n) is 1.97. The smallest absolute Gasteiger partial charge is 0.00677 e. The molecular formula is C14H20P2. The van der Waals surface area contributed by atoms with Crippen molar-refractivity contribution in [2.24, 2.45) is 0 Å². The van der Waals surface area contributed by atoms with E-state index in [-0.39, 0.29) is 15.1 Å². The number of hydrogen-bond donors (Lipinski definition) is 0. The van der Waals surface area contributed by atoms with E-state index in [1.807, 2.05) is 0 Å². The van der Waals surface area contributed by atoms with Gasteiger partial charge >= 0.3 is 0 Å². The summed E-state index contributed by atoms with van der Waals surface area (Å²) >= 11 is 0. The highest BCUT2D eigenvalue weighted by molar-refractivity contribution is 7.51. The topological polar surface area (TPSA) is 0 Å². The summed E-state index contributed by atoms with van der Waals surface area (Å²) in [6.45, 7) is 8.96. The van der Waals surface area contributed by atoms with Crippen molar-refractivity contribution in [3.05, 3.63) is 45.4 Å². The summed E-state index contributed by atoms with van der Waals surface area (Å²) in [6.07, 6.45) is 2.76. The summed E-state index contributed by atoms with van der Waals surface area (Å²) in [5, 5.41) is 0. The molecule has 0 bridgehead atoms. The molecule has 2 aromatic heterocycles. The van der Waals surface area contributed by atoms with Crippen LogP contribution in [-0.2, 0) is 12.3 Å². The van der Waals surface area contributed by atoms with Crippen molar-refractivity contribution < 1.29 is 0 Å². The lowest BCUT2D eigenvalue weighted by molar-refractivity contribution is 1.28. The van der Waals surface area contributed by atoms with Crippen molar-refractivity contribution in [1.82, 2.24) is 0 Å². The maximum absolute atomic E-state index is 2.49. The molecular weight excluding hydrogens is 230 g/mol. The van der Waals surface area contributed by atoms with Crippen molar-refractivity contribution in [2.45, 2.75) is 40.0 Å². The van der Waals surface area contributed by atoms with Crippen LogP contribution in [0.4, 0.5) is 0 Å². The molecule has 2 rings (SSSR count). The van der Waals surface area contributed by atoms with Crippen LogP contribution in [0.3, 0.4) is 0 Å². The Morgan fingerprint density at radius 3 is 1.12 bits per heavy atom. The highest BCUT2D eigenvalue weighted by atomic mass is 31.1. The second-order valence-electron chi connectivity index (χ2n) is 4.72. The quantitative estimate of drug-likeness (QED) is 0.665. The predicted octanol–water partition coefficient (Wildman–Crippen LogP) is 5.59. The predicted molar refractivity (Wildman–Crippen MR) is 77.2 cm³/mol. The molecule has 0 fully saturated rings. The second kappa shape index (κ2) is 4.82. The van der Waals surface area contributed by atoms with Crippen LogP contribution in [0.1, 0.15) is 22.3 Å². The molecule has 0 atom stereocenters. The summed E-state index contributed by atoms with van der Waals surface area (Å²) in [4.78, 5) is 0. The molecule has 2 heteroatoms. The average molecular weight is 250 g/mol. The molecule has 0 aliphatic carbocycles. The standard InChI is InChI=1S/C14H20P2/c1-11-7-15(8-12(11)2)5-6-16-9-13(3)14(4)10-16/h7-10H,5-6H2,1-4H3. The molecule has 0 unspecified atom stereocenters. The van der Waals surface area contributed by atoms with Gasteiger partial charge in [-0.05, 0) is 85.5 Å². The first kappa shape index (κ1) is 12.0. The third-order valence-electron chi connectivity index (χ3n) is 3.30. The lowest BCUT2D eigenvalue weighted by atomic mass is 10.2. The van der Waals surface area contributed by atoms with Gasteiger partial charge in [0.1, 0.15) is 0 Å². The van der Waals surface area contributed by atoms with E-state index in [0.29, 0.717) is 0 Å². The summed E-state index contributed by atoms with van der Waals surface area (Å²) in [5.41, 5.74) is 6.01. The number of rotatable bonds is 3. The summed E-state index contributed by atoms with van der Waals surface area (Å²) in [7, 11) is 0.130. The highest BCUT2D eigenvalue weighted by Crippen LogP contribution is 2.41. The largest absolute Gasteiger partial charge is 0.124 e. The van der Waals surface area contributed by atoms with Crippen LogP contribution >= 0.6 is 15.1 Å². The Morgan fingerprint density at radius 1 is 0.625 bits per heavy atom. The van der Waals surface area contributed by atoms with Crippen LogP contribution in [0.25, 0.3) is 0 Å². The molecule has 0 amide bonds. The van der Waals surface area contributed by atoms with E-state index in [2.05, 4.69) is 50.9 Å².